The maximum atomic E-state index is 12.8. The molecule has 0 fully saturated rings. The minimum atomic E-state index is -0.986. The molecule has 4 rings (SSSR count). The van der Waals surface area contributed by atoms with Gasteiger partial charge in [0.05, 0.1) is 25.3 Å². The molecule has 7 nitrogen and oxygen atoms in total. The number of benzene rings is 3. The Morgan fingerprint density at radius 1 is 0.812 bits per heavy atom. The van der Waals surface area contributed by atoms with Crippen molar-refractivity contribution in [1.29, 1.82) is 0 Å². The average Bonchev–Trinajstić information content (AvgIpc) is 3.52. The molecule has 0 aliphatic heterocycles. The molecule has 2 N–H and O–H groups in total. The van der Waals surface area contributed by atoms with Crippen molar-refractivity contribution in [2.75, 3.05) is 23.3 Å². The Labute approximate surface area is 291 Å². The van der Waals surface area contributed by atoms with Crippen LogP contribution >= 0.6 is 11.3 Å². The Morgan fingerprint density at radius 3 is 2.00 bits per heavy atom. The molecule has 0 atom stereocenters. The summed E-state index contributed by atoms with van der Waals surface area (Å²) in [6.45, 7) is 14.0. The van der Waals surface area contributed by atoms with Gasteiger partial charge in [-0.2, -0.15) is 0 Å². The normalized spacial score (nSPS) is 11.5. The quantitative estimate of drug-likeness (QED) is 0.110. The van der Waals surface area contributed by atoms with Crippen molar-refractivity contribution < 1.29 is 14.7 Å². The number of anilines is 2. The fourth-order valence-electron chi connectivity index (χ4n) is 6.08. The van der Waals surface area contributed by atoms with Gasteiger partial charge in [0, 0.05) is 34.9 Å². The summed E-state index contributed by atoms with van der Waals surface area (Å²) in [5.74, 6) is -0.206. The van der Waals surface area contributed by atoms with Crippen LogP contribution < -0.4 is 10.2 Å². The molecule has 0 bridgehead atoms. The number of nitrogens with zero attached hydrogens (tertiary/aromatic N) is 3. The van der Waals surface area contributed by atoms with E-state index in [-0.39, 0.29) is 25.5 Å². The number of rotatable bonds is 18. The largest absolute Gasteiger partial charge is 0.480 e. The second-order valence-corrected chi connectivity index (χ2v) is 14.2. The standard InChI is InChI=1S/C40H52N4O3S/c1-7-9-32(10-8-2)33-17-21-36(22-18-33)44(29(5)6)23-30-11-13-34(14-12-30)37-27-48-39(42-37)25-43(26-40(46)47)24-38(45)41-35-19-15-31(16-20-35)28(3)4/h11-22,27-29,32H,7-10,23-26H2,1-6H3,(H,41,45)(H,46,47). The molecule has 256 valence electrons. The van der Waals surface area contributed by atoms with Gasteiger partial charge in [0.15, 0.2) is 0 Å². The van der Waals surface area contributed by atoms with Crippen LogP contribution in [0.5, 0.6) is 0 Å². The number of nitrogens with one attached hydrogen (secondary N) is 1. The van der Waals surface area contributed by atoms with Crippen molar-refractivity contribution in [3.8, 4) is 11.3 Å². The third-order valence-electron chi connectivity index (χ3n) is 8.69. The Balaban J connectivity index is 1.38. The molecular weight excluding hydrogens is 617 g/mol. The Bertz CT molecular complexity index is 1570. The zero-order valence-electron chi connectivity index (χ0n) is 29.4. The Hall–Kier alpha value is -4.01. The van der Waals surface area contributed by atoms with E-state index < -0.39 is 5.97 Å². The summed E-state index contributed by atoms with van der Waals surface area (Å²) in [5, 5.41) is 15.1. The van der Waals surface area contributed by atoms with Gasteiger partial charge < -0.3 is 15.3 Å². The van der Waals surface area contributed by atoms with Crippen LogP contribution in [0.4, 0.5) is 11.4 Å². The van der Waals surface area contributed by atoms with Crippen molar-refractivity contribution in [1.82, 2.24) is 9.88 Å². The van der Waals surface area contributed by atoms with Gasteiger partial charge in [0.2, 0.25) is 5.91 Å². The number of thiazole rings is 1. The summed E-state index contributed by atoms with van der Waals surface area (Å²) in [6, 6.07) is 25.8. The van der Waals surface area contributed by atoms with Gasteiger partial charge in [-0.25, -0.2) is 4.98 Å². The number of hydrogen-bond acceptors (Lipinski definition) is 6. The minimum absolute atomic E-state index is 0.0466. The number of aliphatic carboxylic acids is 1. The number of carbonyl (C=O) groups is 2. The van der Waals surface area contributed by atoms with Gasteiger partial charge in [0.25, 0.3) is 0 Å². The minimum Gasteiger partial charge on any atom is -0.480 e. The summed E-state index contributed by atoms with van der Waals surface area (Å²) >= 11 is 1.47. The second kappa shape index (κ2) is 17.9. The lowest BCUT2D eigenvalue weighted by molar-refractivity contribution is -0.138. The smallest absolute Gasteiger partial charge is 0.317 e. The first-order valence-electron chi connectivity index (χ1n) is 17.3. The van der Waals surface area contributed by atoms with E-state index in [9.17, 15) is 14.7 Å². The Morgan fingerprint density at radius 2 is 1.44 bits per heavy atom. The summed E-state index contributed by atoms with van der Waals surface area (Å²) in [4.78, 5) is 33.2. The van der Waals surface area contributed by atoms with E-state index in [2.05, 4.69) is 100 Å². The molecule has 0 radical (unpaired) electrons. The SMILES string of the molecule is CCCC(CCC)c1ccc(N(Cc2ccc(-c3csc(CN(CC(=O)O)CC(=O)Nc4ccc(C(C)C)cc4)n3)cc2)C(C)C)cc1. The molecule has 3 aromatic carbocycles. The number of hydrogen-bond donors (Lipinski definition) is 2. The third-order valence-corrected chi connectivity index (χ3v) is 9.53. The van der Waals surface area contributed by atoms with Crippen molar-refractivity contribution >= 4 is 34.6 Å². The van der Waals surface area contributed by atoms with E-state index in [4.69, 9.17) is 4.98 Å². The van der Waals surface area contributed by atoms with Crippen molar-refractivity contribution in [3.63, 3.8) is 0 Å². The Kier molecular flexibility index (Phi) is 13.8. The van der Waals surface area contributed by atoms with E-state index in [1.165, 1.54) is 59.4 Å². The van der Waals surface area contributed by atoms with Crippen LogP contribution in [0.1, 0.15) is 101 Å². The van der Waals surface area contributed by atoms with Crippen LogP contribution in [0.2, 0.25) is 0 Å². The number of aromatic nitrogens is 1. The van der Waals surface area contributed by atoms with E-state index in [0.29, 0.717) is 23.6 Å². The monoisotopic (exact) mass is 668 g/mol. The molecule has 1 heterocycles. The van der Waals surface area contributed by atoms with Gasteiger partial charge in [-0.05, 0) is 79.5 Å². The van der Waals surface area contributed by atoms with E-state index in [1.54, 1.807) is 4.90 Å². The highest BCUT2D eigenvalue weighted by atomic mass is 32.1. The first-order chi connectivity index (χ1) is 23.1. The van der Waals surface area contributed by atoms with E-state index in [1.807, 2.05) is 29.6 Å². The van der Waals surface area contributed by atoms with Crippen LogP contribution in [0.15, 0.2) is 78.2 Å². The highest BCUT2D eigenvalue weighted by Crippen LogP contribution is 2.30. The van der Waals surface area contributed by atoms with Gasteiger partial charge in [-0.3, -0.25) is 14.5 Å². The lowest BCUT2D eigenvalue weighted by atomic mass is 9.90. The maximum absolute atomic E-state index is 12.8. The molecule has 1 aromatic heterocycles. The van der Waals surface area contributed by atoms with Gasteiger partial charge in [0.1, 0.15) is 5.01 Å². The van der Waals surface area contributed by atoms with Crippen LogP contribution in [0.3, 0.4) is 0 Å². The van der Waals surface area contributed by atoms with Crippen LogP contribution in [0.25, 0.3) is 11.3 Å². The summed E-state index contributed by atoms with van der Waals surface area (Å²) in [5.41, 5.74) is 7.63. The lowest BCUT2D eigenvalue weighted by Crippen LogP contribution is -2.36. The topological polar surface area (TPSA) is 85.8 Å². The van der Waals surface area contributed by atoms with Crippen molar-refractivity contribution in [2.24, 2.45) is 0 Å². The fourth-order valence-corrected chi connectivity index (χ4v) is 6.93. The van der Waals surface area contributed by atoms with Crippen LogP contribution in [-0.2, 0) is 22.7 Å². The molecule has 0 aliphatic carbocycles. The predicted octanol–water partition coefficient (Wildman–Crippen LogP) is 9.56. The van der Waals surface area contributed by atoms with E-state index in [0.717, 1.165) is 22.8 Å². The molecular formula is C40H52N4O3S. The molecule has 48 heavy (non-hydrogen) atoms. The van der Waals surface area contributed by atoms with Gasteiger partial charge in [-0.15, -0.1) is 11.3 Å². The number of carboxylic acid groups (broad SMARTS) is 1. The van der Waals surface area contributed by atoms with E-state index >= 15 is 0 Å². The first kappa shape index (κ1) is 36.8. The molecule has 0 spiro atoms. The summed E-state index contributed by atoms with van der Waals surface area (Å²) in [6.07, 6.45) is 4.89. The molecule has 0 unspecified atom stereocenters. The maximum Gasteiger partial charge on any atom is 0.317 e. The number of amides is 1. The number of carbonyl (C=O) groups excluding carboxylic acids is 1. The zero-order valence-corrected chi connectivity index (χ0v) is 30.2. The lowest BCUT2D eigenvalue weighted by Gasteiger charge is -2.30. The highest BCUT2D eigenvalue weighted by molar-refractivity contribution is 7.09. The molecule has 8 heteroatoms. The zero-order chi connectivity index (χ0) is 34.6. The van der Waals surface area contributed by atoms with Crippen molar-refractivity contribution in [3.05, 3.63) is 99.9 Å². The van der Waals surface area contributed by atoms with Crippen LogP contribution in [-0.4, -0.2) is 46.0 Å². The average molecular weight is 669 g/mol. The van der Waals surface area contributed by atoms with Gasteiger partial charge in [-0.1, -0.05) is 89.1 Å². The van der Waals surface area contributed by atoms with Crippen molar-refractivity contribution in [2.45, 2.75) is 98.2 Å². The third kappa shape index (κ3) is 10.8. The molecule has 1 amide bonds. The fraction of sp³-hybridized carbons (Fsp3) is 0.425. The molecule has 0 saturated carbocycles. The molecule has 0 saturated heterocycles. The predicted molar refractivity (Wildman–Crippen MR) is 200 cm³/mol. The summed E-state index contributed by atoms with van der Waals surface area (Å²) < 4.78 is 0. The first-order valence-corrected chi connectivity index (χ1v) is 18.2. The second-order valence-electron chi connectivity index (χ2n) is 13.3. The molecule has 0 aliphatic rings. The molecule has 4 aromatic rings. The number of carboxylic acids is 1. The summed E-state index contributed by atoms with van der Waals surface area (Å²) in [7, 11) is 0. The highest BCUT2D eigenvalue weighted by Gasteiger charge is 2.18. The van der Waals surface area contributed by atoms with Crippen LogP contribution in [0, 0.1) is 0 Å². The van der Waals surface area contributed by atoms with Gasteiger partial charge >= 0.3 is 5.97 Å².